The largest absolute Gasteiger partial charge is 0.465 e. The van der Waals surface area contributed by atoms with Crippen molar-refractivity contribution in [2.45, 2.75) is 40.0 Å². The molecule has 3 rings (SSSR count). The lowest BCUT2D eigenvalue weighted by atomic mass is 9.72. The zero-order valence-electron chi connectivity index (χ0n) is 17.2. The quantitative estimate of drug-likeness (QED) is 0.477. The van der Waals surface area contributed by atoms with Crippen molar-refractivity contribution in [3.8, 4) is 0 Å². The number of halogens is 1. The Hall–Kier alpha value is -2.11. The number of esters is 1. The second kappa shape index (κ2) is 8.72. The zero-order valence-corrected chi connectivity index (χ0v) is 18.7. The van der Waals surface area contributed by atoms with Gasteiger partial charge in [-0.25, -0.2) is 4.79 Å². The van der Waals surface area contributed by atoms with Gasteiger partial charge in [0, 0.05) is 16.0 Å². The molecule has 0 spiro atoms. The van der Waals surface area contributed by atoms with Crippen molar-refractivity contribution in [2.24, 2.45) is 11.3 Å². The van der Waals surface area contributed by atoms with Gasteiger partial charge in [-0.05, 0) is 53.9 Å². The minimum atomic E-state index is -0.401. The third kappa shape index (κ3) is 4.90. The van der Waals surface area contributed by atoms with E-state index in [2.05, 4.69) is 26.1 Å². The second-order valence-electron chi connectivity index (χ2n) is 8.35. The van der Waals surface area contributed by atoms with Crippen LogP contribution in [0, 0.1) is 11.3 Å². The maximum Gasteiger partial charge on any atom is 0.341 e. The van der Waals surface area contributed by atoms with E-state index in [1.54, 1.807) is 12.1 Å². The van der Waals surface area contributed by atoms with Crippen LogP contribution in [-0.4, -0.2) is 19.0 Å². The van der Waals surface area contributed by atoms with Crippen LogP contribution in [0.4, 0.5) is 5.00 Å². The Bertz CT molecular complexity index is 956. The Kier molecular flexibility index (Phi) is 6.49. The fourth-order valence-corrected chi connectivity index (χ4v) is 5.18. The van der Waals surface area contributed by atoms with E-state index >= 15 is 0 Å². The average molecular weight is 432 g/mol. The predicted octanol–water partition coefficient (Wildman–Crippen LogP) is 5.99. The van der Waals surface area contributed by atoms with Crippen LogP contribution in [-0.2, 0) is 22.4 Å². The molecule has 29 heavy (non-hydrogen) atoms. The van der Waals surface area contributed by atoms with Gasteiger partial charge in [-0.3, -0.25) is 4.79 Å². The molecule has 1 aromatic carbocycles. The Balaban J connectivity index is 1.85. The molecule has 4 nitrogen and oxygen atoms in total. The summed E-state index contributed by atoms with van der Waals surface area (Å²) in [7, 11) is 1.37. The van der Waals surface area contributed by atoms with Crippen LogP contribution in [0.15, 0.2) is 30.3 Å². The highest BCUT2D eigenvalue weighted by Crippen LogP contribution is 2.44. The summed E-state index contributed by atoms with van der Waals surface area (Å²) in [5.41, 5.74) is 2.48. The highest BCUT2D eigenvalue weighted by Gasteiger charge is 2.34. The molecule has 154 valence electrons. The van der Waals surface area contributed by atoms with E-state index in [0.717, 1.165) is 30.4 Å². The Morgan fingerprint density at radius 2 is 2.00 bits per heavy atom. The van der Waals surface area contributed by atoms with E-state index in [4.69, 9.17) is 16.3 Å². The molecule has 1 aliphatic carbocycles. The minimum absolute atomic E-state index is 0.203. The van der Waals surface area contributed by atoms with Gasteiger partial charge in [-0.2, -0.15) is 0 Å². The number of hydrogen-bond acceptors (Lipinski definition) is 4. The molecule has 0 saturated heterocycles. The van der Waals surface area contributed by atoms with Crippen LogP contribution in [0.25, 0.3) is 6.08 Å². The van der Waals surface area contributed by atoms with Crippen LogP contribution in [0.1, 0.15) is 53.6 Å². The number of hydrogen-bond donors (Lipinski definition) is 1. The summed E-state index contributed by atoms with van der Waals surface area (Å²) in [6.07, 6.45) is 5.86. The Morgan fingerprint density at radius 1 is 1.28 bits per heavy atom. The number of thiophene rings is 1. The molecule has 0 radical (unpaired) electrons. The first-order valence-electron chi connectivity index (χ1n) is 9.67. The molecule has 1 unspecified atom stereocenters. The highest BCUT2D eigenvalue weighted by atomic mass is 35.5. The summed E-state index contributed by atoms with van der Waals surface area (Å²) < 4.78 is 5.00. The first-order chi connectivity index (χ1) is 13.7. The van der Waals surface area contributed by atoms with Crippen LogP contribution >= 0.6 is 22.9 Å². The van der Waals surface area contributed by atoms with Crippen LogP contribution in [0.2, 0.25) is 5.02 Å². The summed E-state index contributed by atoms with van der Waals surface area (Å²) in [6, 6.07) is 7.30. The number of methoxy groups -OCH3 is 1. The summed E-state index contributed by atoms with van der Waals surface area (Å²) >= 11 is 7.62. The maximum absolute atomic E-state index is 12.5. The predicted molar refractivity (Wildman–Crippen MR) is 120 cm³/mol. The van der Waals surface area contributed by atoms with Gasteiger partial charge in [-0.1, -0.05) is 50.6 Å². The van der Waals surface area contributed by atoms with Gasteiger partial charge in [0.25, 0.3) is 0 Å². The molecule has 1 amide bonds. The van der Waals surface area contributed by atoms with Crippen LogP contribution in [0.5, 0.6) is 0 Å². The maximum atomic E-state index is 12.5. The molecule has 2 aromatic rings. The Labute approximate surface area is 180 Å². The fourth-order valence-electron chi connectivity index (χ4n) is 3.66. The second-order valence-corrected chi connectivity index (χ2v) is 9.86. The number of anilines is 1. The molecule has 1 N–H and O–H groups in total. The van der Waals surface area contributed by atoms with E-state index in [1.807, 2.05) is 18.2 Å². The molecule has 0 bridgehead atoms. The first kappa shape index (κ1) is 21.6. The molecule has 6 heteroatoms. The van der Waals surface area contributed by atoms with Crippen molar-refractivity contribution in [2.75, 3.05) is 12.4 Å². The molecule has 1 atom stereocenters. The highest BCUT2D eigenvalue weighted by molar-refractivity contribution is 7.17. The molecular formula is C23H26ClNO3S. The van der Waals surface area contributed by atoms with Crippen molar-refractivity contribution in [1.29, 1.82) is 0 Å². The SMILES string of the molecule is COC(=O)c1c(NC(=O)/C=C/c2ccccc2Cl)sc2c1CCC(C(C)(C)C)C2. The van der Waals surface area contributed by atoms with Crippen molar-refractivity contribution >= 4 is 45.9 Å². The molecule has 1 aliphatic rings. The molecule has 1 heterocycles. The van der Waals surface area contributed by atoms with Crippen LogP contribution < -0.4 is 5.32 Å². The smallest absolute Gasteiger partial charge is 0.341 e. The zero-order chi connectivity index (χ0) is 21.2. The van der Waals surface area contributed by atoms with Gasteiger partial charge >= 0.3 is 5.97 Å². The van der Waals surface area contributed by atoms with Gasteiger partial charge in [-0.15, -0.1) is 11.3 Å². The molecule has 0 saturated carbocycles. The molecule has 0 fully saturated rings. The number of ether oxygens (including phenoxy) is 1. The lowest BCUT2D eigenvalue weighted by Gasteiger charge is -2.33. The topological polar surface area (TPSA) is 55.4 Å². The van der Waals surface area contributed by atoms with E-state index in [9.17, 15) is 9.59 Å². The van der Waals surface area contributed by atoms with Gasteiger partial charge in [0.1, 0.15) is 5.00 Å². The van der Waals surface area contributed by atoms with Crippen molar-refractivity contribution < 1.29 is 14.3 Å². The molecular weight excluding hydrogens is 406 g/mol. The van der Waals surface area contributed by atoms with Crippen LogP contribution in [0.3, 0.4) is 0 Å². The summed E-state index contributed by atoms with van der Waals surface area (Å²) in [5, 5.41) is 4.01. The first-order valence-corrected chi connectivity index (χ1v) is 10.9. The third-order valence-electron chi connectivity index (χ3n) is 5.44. The fraction of sp³-hybridized carbons (Fsp3) is 0.391. The standard InChI is InChI=1S/C23H26ClNO3S/c1-23(2,3)15-10-11-16-18(13-15)29-21(20(16)22(27)28-4)25-19(26)12-9-14-7-5-6-8-17(14)24/h5-9,12,15H,10-11,13H2,1-4H3,(H,25,26)/b12-9+. The number of benzene rings is 1. The third-order valence-corrected chi connectivity index (χ3v) is 6.95. The van der Waals surface area contributed by atoms with E-state index in [1.165, 1.54) is 29.4 Å². The number of nitrogens with one attached hydrogen (secondary N) is 1. The van der Waals surface area contributed by atoms with E-state index in [0.29, 0.717) is 21.5 Å². The number of rotatable bonds is 4. The van der Waals surface area contributed by atoms with Gasteiger partial charge < -0.3 is 10.1 Å². The number of amides is 1. The van der Waals surface area contributed by atoms with Crippen molar-refractivity contribution in [1.82, 2.24) is 0 Å². The normalized spacial score (nSPS) is 16.5. The summed E-state index contributed by atoms with van der Waals surface area (Å²) in [4.78, 5) is 26.1. The number of fused-ring (bicyclic) bond motifs is 1. The van der Waals surface area contributed by atoms with Gasteiger partial charge in [0.2, 0.25) is 5.91 Å². The molecule has 1 aromatic heterocycles. The Morgan fingerprint density at radius 3 is 2.66 bits per heavy atom. The van der Waals surface area contributed by atoms with Gasteiger partial charge in [0.05, 0.1) is 12.7 Å². The number of carbonyl (C=O) groups excluding carboxylic acids is 2. The van der Waals surface area contributed by atoms with Gasteiger partial charge in [0.15, 0.2) is 0 Å². The summed E-state index contributed by atoms with van der Waals surface area (Å²) in [6.45, 7) is 6.75. The molecule has 0 aliphatic heterocycles. The average Bonchev–Trinajstić information content (AvgIpc) is 3.03. The number of carbonyl (C=O) groups is 2. The lowest BCUT2D eigenvalue weighted by Crippen LogP contribution is -2.26. The lowest BCUT2D eigenvalue weighted by molar-refractivity contribution is -0.111. The van der Waals surface area contributed by atoms with E-state index < -0.39 is 5.97 Å². The minimum Gasteiger partial charge on any atom is -0.465 e. The summed E-state index contributed by atoms with van der Waals surface area (Å²) in [5.74, 6) is -0.161. The monoisotopic (exact) mass is 431 g/mol. The van der Waals surface area contributed by atoms with E-state index in [-0.39, 0.29) is 11.3 Å². The van der Waals surface area contributed by atoms with Crippen molar-refractivity contribution in [3.63, 3.8) is 0 Å². The van der Waals surface area contributed by atoms with Crippen molar-refractivity contribution in [3.05, 3.63) is 56.9 Å².